The van der Waals surface area contributed by atoms with Gasteiger partial charge in [-0.2, -0.15) is 5.10 Å². The van der Waals surface area contributed by atoms with E-state index in [1.165, 1.54) is 4.57 Å². The molecule has 0 aliphatic rings. The summed E-state index contributed by atoms with van der Waals surface area (Å²) >= 11 is 0. The van der Waals surface area contributed by atoms with Crippen LogP contribution < -0.4 is 16.3 Å². The van der Waals surface area contributed by atoms with Crippen molar-refractivity contribution in [3.05, 3.63) is 94.2 Å². The average Bonchev–Trinajstić information content (AvgIpc) is 3.32. The zero-order chi connectivity index (χ0) is 21.1. The van der Waals surface area contributed by atoms with Gasteiger partial charge in [-0.05, 0) is 31.5 Å². The van der Waals surface area contributed by atoms with Crippen molar-refractivity contribution >= 4 is 11.7 Å². The number of aromatic nitrogens is 5. The first kappa shape index (κ1) is 19.2. The minimum Gasteiger partial charge on any atom is -0.324 e. The molecule has 9 nitrogen and oxygen atoms in total. The topological polar surface area (TPSA) is 120 Å². The molecule has 30 heavy (non-hydrogen) atoms. The molecule has 0 aliphatic heterocycles. The van der Waals surface area contributed by atoms with Gasteiger partial charge in [0.15, 0.2) is 5.82 Å². The maximum atomic E-state index is 12.9. The molecule has 4 aromatic rings. The predicted octanol–water partition coefficient (Wildman–Crippen LogP) is 2.81. The Morgan fingerprint density at radius 3 is 2.47 bits per heavy atom. The summed E-state index contributed by atoms with van der Waals surface area (Å²) in [5.41, 5.74) is 2.37. The largest absolute Gasteiger partial charge is 0.330 e. The number of nitrogens with one attached hydrogen (secondary N) is 4. The van der Waals surface area contributed by atoms with Crippen LogP contribution in [-0.4, -0.2) is 30.8 Å². The lowest BCUT2D eigenvalue weighted by Crippen LogP contribution is -2.34. The Labute approximate surface area is 172 Å². The van der Waals surface area contributed by atoms with Crippen molar-refractivity contribution in [1.82, 2.24) is 30.0 Å². The van der Waals surface area contributed by atoms with Crippen LogP contribution in [-0.2, 0) is 0 Å². The summed E-state index contributed by atoms with van der Waals surface area (Å²) in [6, 6.07) is 15.6. The van der Waals surface area contributed by atoms with Crippen molar-refractivity contribution in [1.29, 1.82) is 0 Å². The number of aromatic amines is 2. The molecule has 9 heteroatoms. The maximum Gasteiger partial charge on any atom is 0.330 e. The number of imidazole rings is 1. The summed E-state index contributed by atoms with van der Waals surface area (Å²) in [6.07, 6.45) is 1.62. The summed E-state index contributed by atoms with van der Waals surface area (Å²) in [4.78, 5) is 32.1. The van der Waals surface area contributed by atoms with E-state index in [2.05, 4.69) is 30.8 Å². The van der Waals surface area contributed by atoms with E-state index in [0.29, 0.717) is 23.0 Å². The van der Waals surface area contributed by atoms with Crippen LogP contribution in [0.3, 0.4) is 0 Å². The maximum absolute atomic E-state index is 12.9. The van der Waals surface area contributed by atoms with Crippen LogP contribution in [0, 0.1) is 13.8 Å². The van der Waals surface area contributed by atoms with E-state index in [0.717, 1.165) is 11.3 Å². The number of hydrogen-bond donors (Lipinski definition) is 4. The van der Waals surface area contributed by atoms with Gasteiger partial charge in [0.05, 0.1) is 11.4 Å². The molecule has 2 aromatic carbocycles. The lowest BCUT2D eigenvalue weighted by atomic mass is 10.1. The van der Waals surface area contributed by atoms with Crippen molar-refractivity contribution in [3.8, 4) is 5.69 Å². The first-order valence-corrected chi connectivity index (χ1v) is 9.40. The Morgan fingerprint density at radius 2 is 1.80 bits per heavy atom. The second-order valence-corrected chi connectivity index (χ2v) is 6.81. The number of urea groups is 1. The van der Waals surface area contributed by atoms with Crippen molar-refractivity contribution in [2.24, 2.45) is 0 Å². The molecule has 0 bridgehead atoms. The van der Waals surface area contributed by atoms with Gasteiger partial charge < -0.3 is 15.6 Å². The van der Waals surface area contributed by atoms with Crippen LogP contribution in [0.2, 0.25) is 0 Å². The molecule has 2 heterocycles. The van der Waals surface area contributed by atoms with Crippen molar-refractivity contribution < 1.29 is 4.79 Å². The first-order valence-electron chi connectivity index (χ1n) is 9.40. The van der Waals surface area contributed by atoms with Crippen LogP contribution in [0.1, 0.15) is 28.9 Å². The van der Waals surface area contributed by atoms with Crippen molar-refractivity contribution in [2.45, 2.75) is 19.9 Å². The molecule has 152 valence electrons. The van der Waals surface area contributed by atoms with Crippen LogP contribution in [0.15, 0.2) is 65.6 Å². The van der Waals surface area contributed by atoms with Crippen LogP contribution in [0.4, 0.5) is 10.5 Å². The van der Waals surface area contributed by atoms with E-state index in [1.54, 1.807) is 37.4 Å². The summed E-state index contributed by atoms with van der Waals surface area (Å²) < 4.78 is 1.50. The number of carbonyl (C=O) groups excluding carboxylic acids is 1. The number of carbonyl (C=O) groups is 1. The SMILES string of the molecule is Cc1nc(C(NC(=O)Nc2ccccc2-n2c(C)c[nH]c2=O)c2ccccc2)n[nH]1. The van der Waals surface area contributed by atoms with E-state index >= 15 is 0 Å². The van der Waals surface area contributed by atoms with Gasteiger partial charge in [-0.15, -0.1) is 0 Å². The minimum atomic E-state index is -0.542. The van der Waals surface area contributed by atoms with Crippen LogP contribution in [0.5, 0.6) is 0 Å². The van der Waals surface area contributed by atoms with Gasteiger partial charge in [0.1, 0.15) is 11.9 Å². The van der Waals surface area contributed by atoms with E-state index in [9.17, 15) is 9.59 Å². The molecule has 2 aromatic heterocycles. The molecule has 0 radical (unpaired) electrons. The normalized spacial score (nSPS) is 11.8. The molecular weight excluding hydrogens is 382 g/mol. The van der Waals surface area contributed by atoms with E-state index in [1.807, 2.05) is 37.3 Å². The number of benzene rings is 2. The number of amides is 2. The van der Waals surface area contributed by atoms with Crippen LogP contribution in [0.25, 0.3) is 5.69 Å². The molecule has 0 saturated heterocycles. The van der Waals surface area contributed by atoms with Gasteiger partial charge in [-0.3, -0.25) is 9.67 Å². The van der Waals surface area contributed by atoms with E-state index in [4.69, 9.17) is 0 Å². The number of nitrogens with zero attached hydrogens (tertiary/aromatic N) is 3. The molecular formula is C21H21N7O2. The predicted molar refractivity (Wildman–Crippen MR) is 113 cm³/mol. The Hall–Kier alpha value is -4.14. The van der Waals surface area contributed by atoms with E-state index < -0.39 is 12.1 Å². The van der Waals surface area contributed by atoms with E-state index in [-0.39, 0.29) is 5.69 Å². The third-order valence-electron chi connectivity index (χ3n) is 4.63. The van der Waals surface area contributed by atoms with Gasteiger partial charge in [0.2, 0.25) is 0 Å². The lowest BCUT2D eigenvalue weighted by molar-refractivity contribution is 0.249. The number of para-hydroxylation sites is 2. The monoisotopic (exact) mass is 403 g/mol. The highest BCUT2D eigenvalue weighted by Crippen LogP contribution is 2.22. The fraction of sp³-hybridized carbons (Fsp3) is 0.143. The quantitative estimate of drug-likeness (QED) is 0.409. The second kappa shape index (κ2) is 8.08. The summed E-state index contributed by atoms with van der Waals surface area (Å²) in [5, 5.41) is 12.8. The fourth-order valence-corrected chi connectivity index (χ4v) is 3.25. The first-order chi connectivity index (χ1) is 14.5. The number of rotatable bonds is 5. The molecule has 0 saturated carbocycles. The molecule has 1 atom stereocenters. The highest BCUT2D eigenvalue weighted by Gasteiger charge is 2.21. The van der Waals surface area contributed by atoms with Crippen molar-refractivity contribution in [2.75, 3.05) is 5.32 Å². The lowest BCUT2D eigenvalue weighted by Gasteiger charge is -2.18. The van der Waals surface area contributed by atoms with Gasteiger partial charge in [0.25, 0.3) is 0 Å². The molecule has 0 aliphatic carbocycles. The minimum absolute atomic E-state index is 0.277. The standard InChI is InChI=1S/C21H21N7O2/c1-13-12-22-21(30)28(13)17-11-7-6-10-16(17)24-20(29)25-18(15-8-4-3-5-9-15)19-23-14(2)26-27-19/h3-12,18H,1-2H3,(H,22,30)(H,23,26,27)(H2,24,25,29). The number of aryl methyl sites for hydroxylation is 2. The second-order valence-electron chi connectivity index (χ2n) is 6.81. The Bertz CT molecular complexity index is 1220. The van der Waals surface area contributed by atoms with Gasteiger partial charge >= 0.3 is 11.7 Å². The number of H-pyrrole nitrogens is 2. The average molecular weight is 403 g/mol. The van der Waals surface area contributed by atoms with Gasteiger partial charge in [-0.25, -0.2) is 14.6 Å². The highest BCUT2D eigenvalue weighted by atomic mass is 16.2. The number of anilines is 1. The smallest absolute Gasteiger partial charge is 0.324 e. The molecule has 1 unspecified atom stereocenters. The summed E-state index contributed by atoms with van der Waals surface area (Å²) in [7, 11) is 0. The molecule has 4 N–H and O–H groups in total. The summed E-state index contributed by atoms with van der Waals surface area (Å²) in [6.45, 7) is 3.61. The molecule has 2 amide bonds. The zero-order valence-corrected chi connectivity index (χ0v) is 16.5. The van der Waals surface area contributed by atoms with Gasteiger partial charge in [0, 0.05) is 11.9 Å². The Morgan fingerprint density at radius 1 is 1.07 bits per heavy atom. The number of hydrogen-bond acceptors (Lipinski definition) is 4. The molecule has 0 spiro atoms. The van der Waals surface area contributed by atoms with Crippen LogP contribution >= 0.6 is 0 Å². The third kappa shape index (κ3) is 3.86. The fourth-order valence-electron chi connectivity index (χ4n) is 3.25. The summed E-state index contributed by atoms with van der Waals surface area (Å²) in [5.74, 6) is 1.11. The van der Waals surface area contributed by atoms with Crippen molar-refractivity contribution in [3.63, 3.8) is 0 Å². The highest BCUT2D eigenvalue weighted by molar-refractivity contribution is 5.92. The Kier molecular flexibility index (Phi) is 5.17. The molecule has 4 rings (SSSR count). The molecule has 0 fully saturated rings. The third-order valence-corrected chi connectivity index (χ3v) is 4.63. The Balaban J connectivity index is 1.62. The zero-order valence-electron chi connectivity index (χ0n) is 16.5. The van der Waals surface area contributed by atoms with Gasteiger partial charge in [-0.1, -0.05) is 42.5 Å².